The predicted molar refractivity (Wildman–Crippen MR) is 76.6 cm³/mol. The first kappa shape index (κ1) is 17.4. The lowest BCUT2D eigenvalue weighted by Gasteiger charge is -2.09. The number of ketones is 1. The minimum atomic E-state index is -1.61. The van der Waals surface area contributed by atoms with Crippen LogP contribution in [0.4, 0.5) is 18.9 Å². The number of anilines is 1. The molecule has 9 heteroatoms. The number of carbonyl (C=O) groups is 2. The number of nitrogens with one attached hydrogen (secondary N) is 1. The average molecular weight is 337 g/mol. The first-order chi connectivity index (χ1) is 9.81. The molecule has 0 spiro atoms. The molecule has 0 saturated carbocycles. The lowest BCUT2D eigenvalue weighted by atomic mass is 10.3. The van der Waals surface area contributed by atoms with Gasteiger partial charge in [0.2, 0.25) is 0 Å². The van der Waals surface area contributed by atoms with Crippen molar-refractivity contribution in [2.45, 2.75) is 6.92 Å². The van der Waals surface area contributed by atoms with Crippen LogP contribution >= 0.6 is 24.0 Å². The maximum atomic E-state index is 13.4. The Morgan fingerprint density at radius 2 is 1.95 bits per heavy atom. The Morgan fingerprint density at radius 3 is 2.57 bits per heavy atom. The molecule has 0 aliphatic carbocycles. The fourth-order valence-electron chi connectivity index (χ4n) is 1.14. The second-order valence-corrected chi connectivity index (χ2v) is 5.40. The van der Waals surface area contributed by atoms with Crippen LogP contribution in [0, 0.1) is 17.5 Å². The average Bonchev–Trinajstić information content (AvgIpc) is 2.43. The molecule has 0 heterocycles. The van der Waals surface area contributed by atoms with Gasteiger partial charge in [-0.3, -0.25) is 9.59 Å². The van der Waals surface area contributed by atoms with Gasteiger partial charge in [0.25, 0.3) is 0 Å². The number of ether oxygens (including phenoxy) is 1. The van der Waals surface area contributed by atoms with Crippen LogP contribution in [0.3, 0.4) is 0 Å². The van der Waals surface area contributed by atoms with Gasteiger partial charge in [0, 0.05) is 6.92 Å². The third-order valence-corrected chi connectivity index (χ3v) is 3.36. The van der Waals surface area contributed by atoms with E-state index in [-0.39, 0.29) is 22.4 Å². The molecule has 0 amide bonds. The molecule has 0 atom stereocenters. The molecule has 0 unspecified atom stereocenters. The first-order valence-corrected chi connectivity index (χ1v) is 6.93. The van der Waals surface area contributed by atoms with Crippen molar-refractivity contribution in [3.63, 3.8) is 0 Å². The summed E-state index contributed by atoms with van der Waals surface area (Å²) >= 11 is 5.68. The number of Topliss-reactive ketones (excluding diaryl/α,β-unsaturated/α-hetero) is 1. The van der Waals surface area contributed by atoms with Crippen molar-refractivity contribution >= 4 is 45.7 Å². The highest BCUT2D eigenvalue weighted by molar-refractivity contribution is 8.23. The fraction of sp³-hybridized carbons (Fsp3) is 0.250. The van der Waals surface area contributed by atoms with Gasteiger partial charge >= 0.3 is 5.97 Å². The third kappa shape index (κ3) is 5.72. The van der Waals surface area contributed by atoms with Crippen LogP contribution in [0.2, 0.25) is 0 Å². The van der Waals surface area contributed by atoms with E-state index >= 15 is 0 Å². The smallest absolute Gasteiger partial charge is 0.303 e. The van der Waals surface area contributed by atoms with Crippen LogP contribution in [0.15, 0.2) is 12.1 Å². The van der Waals surface area contributed by atoms with Crippen LogP contribution < -0.4 is 5.32 Å². The summed E-state index contributed by atoms with van der Waals surface area (Å²) in [6, 6.07) is 1.74. The maximum Gasteiger partial charge on any atom is 0.303 e. The molecule has 0 fully saturated rings. The van der Waals surface area contributed by atoms with Gasteiger partial charge in [0.1, 0.15) is 4.32 Å². The second kappa shape index (κ2) is 7.99. The molecule has 0 bridgehead atoms. The van der Waals surface area contributed by atoms with E-state index in [9.17, 15) is 22.8 Å². The molecule has 1 N–H and O–H groups in total. The zero-order valence-corrected chi connectivity index (χ0v) is 12.4. The largest absolute Gasteiger partial charge is 0.458 e. The van der Waals surface area contributed by atoms with Gasteiger partial charge in [0.15, 0.2) is 29.8 Å². The SMILES string of the molecule is CC(=O)OCC(=O)CSC(=S)Nc1ccc(F)c(F)c1F. The Morgan fingerprint density at radius 1 is 1.29 bits per heavy atom. The molecule has 1 aromatic rings. The minimum absolute atomic E-state index is 0.00363. The van der Waals surface area contributed by atoms with Crippen molar-refractivity contribution in [1.29, 1.82) is 0 Å². The van der Waals surface area contributed by atoms with Crippen molar-refractivity contribution in [2.24, 2.45) is 0 Å². The number of hydrogen-bond acceptors (Lipinski definition) is 5. The summed E-state index contributed by atoms with van der Waals surface area (Å²) in [6.07, 6.45) is 0. The molecule has 114 valence electrons. The van der Waals surface area contributed by atoms with Gasteiger partial charge in [-0.1, -0.05) is 24.0 Å². The Hall–Kier alpha value is -1.61. The zero-order valence-electron chi connectivity index (χ0n) is 10.7. The van der Waals surface area contributed by atoms with Crippen LogP contribution in [0.25, 0.3) is 0 Å². The summed E-state index contributed by atoms with van der Waals surface area (Å²) in [5.41, 5.74) is -0.334. The summed E-state index contributed by atoms with van der Waals surface area (Å²) in [5, 5.41) is 2.35. The van der Waals surface area contributed by atoms with Gasteiger partial charge in [-0.2, -0.15) is 0 Å². The van der Waals surface area contributed by atoms with Gasteiger partial charge in [-0.15, -0.1) is 0 Å². The minimum Gasteiger partial charge on any atom is -0.458 e. The number of hydrogen-bond donors (Lipinski definition) is 1. The van der Waals surface area contributed by atoms with Crippen molar-refractivity contribution in [1.82, 2.24) is 0 Å². The highest BCUT2D eigenvalue weighted by Gasteiger charge is 2.14. The lowest BCUT2D eigenvalue weighted by molar-refractivity contribution is -0.145. The number of esters is 1. The summed E-state index contributed by atoms with van der Waals surface area (Å²) < 4.78 is 43.6. The molecule has 1 aromatic carbocycles. The summed E-state index contributed by atoms with van der Waals surface area (Å²) in [6.45, 7) is 0.781. The monoisotopic (exact) mass is 337 g/mol. The van der Waals surface area contributed by atoms with Gasteiger partial charge < -0.3 is 10.1 Å². The maximum absolute atomic E-state index is 13.4. The van der Waals surface area contributed by atoms with E-state index in [1.807, 2.05) is 0 Å². The normalized spacial score (nSPS) is 10.1. The zero-order chi connectivity index (χ0) is 16.0. The van der Waals surface area contributed by atoms with Gasteiger partial charge in [0.05, 0.1) is 11.4 Å². The van der Waals surface area contributed by atoms with Crippen LogP contribution in [0.1, 0.15) is 6.92 Å². The molecule has 21 heavy (non-hydrogen) atoms. The molecule has 0 radical (unpaired) electrons. The fourth-order valence-corrected chi connectivity index (χ4v) is 1.98. The Bertz CT molecular complexity index is 581. The van der Waals surface area contributed by atoms with E-state index in [1.54, 1.807) is 0 Å². The molecule has 0 aliphatic rings. The highest BCUT2D eigenvalue weighted by Crippen LogP contribution is 2.21. The van der Waals surface area contributed by atoms with Crippen molar-refractivity contribution in [3.05, 3.63) is 29.6 Å². The van der Waals surface area contributed by atoms with E-state index in [2.05, 4.69) is 10.1 Å². The predicted octanol–water partition coefficient (Wildman–Crippen LogP) is 2.67. The highest BCUT2D eigenvalue weighted by atomic mass is 32.2. The Balaban J connectivity index is 2.49. The van der Waals surface area contributed by atoms with E-state index in [4.69, 9.17) is 12.2 Å². The number of carbonyl (C=O) groups excluding carboxylic acids is 2. The van der Waals surface area contributed by atoms with Crippen LogP contribution in [0.5, 0.6) is 0 Å². The topological polar surface area (TPSA) is 55.4 Å². The molecule has 0 aliphatic heterocycles. The molecular weight excluding hydrogens is 327 g/mol. The first-order valence-electron chi connectivity index (χ1n) is 5.53. The van der Waals surface area contributed by atoms with E-state index in [0.717, 1.165) is 23.9 Å². The quantitative estimate of drug-likeness (QED) is 0.506. The van der Waals surface area contributed by atoms with Gasteiger partial charge in [-0.05, 0) is 12.1 Å². The summed E-state index contributed by atoms with van der Waals surface area (Å²) in [4.78, 5) is 21.8. The molecule has 0 aromatic heterocycles. The molecule has 1 rings (SSSR count). The van der Waals surface area contributed by atoms with Crippen molar-refractivity contribution in [3.8, 4) is 0 Å². The number of halogens is 3. The lowest BCUT2D eigenvalue weighted by Crippen LogP contribution is -2.16. The van der Waals surface area contributed by atoms with Crippen LogP contribution in [-0.2, 0) is 14.3 Å². The Kier molecular flexibility index (Phi) is 6.63. The van der Waals surface area contributed by atoms with Crippen molar-refractivity contribution in [2.75, 3.05) is 17.7 Å². The number of benzene rings is 1. The van der Waals surface area contributed by atoms with Crippen molar-refractivity contribution < 1.29 is 27.5 Å². The number of thiocarbonyl (C=S) groups is 1. The third-order valence-electron chi connectivity index (χ3n) is 2.07. The van der Waals surface area contributed by atoms with Gasteiger partial charge in [-0.25, -0.2) is 13.2 Å². The molecular formula is C12H10F3NO3S2. The number of thioether (sulfide) groups is 1. The van der Waals surface area contributed by atoms with E-state index < -0.39 is 29.2 Å². The number of rotatable bonds is 5. The van der Waals surface area contributed by atoms with E-state index in [0.29, 0.717) is 0 Å². The summed E-state index contributed by atoms with van der Waals surface area (Å²) in [5.74, 6) is -5.41. The molecule has 0 saturated heterocycles. The standard InChI is InChI=1S/C12H10F3NO3S2/c1-6(17)19-4-7(18)5-21-12(20)16-9-3-2-8(13)10(14)11(9)15/h2-3H,4-5H2,1H3,(H,16,20). The Labute approximate surface area is 128 Å². The van der Waals surface area contributed by atoms with Crippen LogP contribution in [-0.4, -0.2) is 28.4 Å². The van der Waals surface area contributed by atoms with E-state index in [1.165, 1.54) is 6.92 Å². The second-order valence-electron chi connectivity index (χ2n) is 3.74. The molecule has 4 nitrogen and oxygen atoms in total. The summed E-state index contributed by atoms with van der Waals surface area (Å²) in [7, 11) is 0.